The molecule has 0 spiro atoms. The SMILES string of the molecule is CC(C)(C#N)CNC1(C)CCOCC1. The van der Waals surface area contributed by atoms with Gasteiger partial charge in [-0.2, -0.15) is 5.26 Å². The Kier molecular flexibility index (Phi) is 3.52. The van der Waals surface area contributed by atoms with Crippen LogP contribution in [0, 0.1) is 16.7 Å². The fourth-order valence-corrected chi connectivity index (χ4v) is 1.47. The van der Waals surface area contributed by atoms with Gasteiger partial charge < -0.3 is 10.1 Å². The molecule has 1 saturated heterocycles. The van der Waals surface area contributed by atoms with Gasteiger partial charge in [0.05, 0.1) is 11.5 Å². The molecule has 0 amide bonds. The summed E-state index contributed by atoms with van der Waals surface area (Å²) >= 11 is 0. The van der Waals surface area contributed by atoms with E-state index in [0.29, 0.717) is 0 Å². The van der Waals surface area contributed by atoms with E-state index in [9.17, 15) is 0 Å². The molecule has 1 fully saturated rings. The van der Waals surface area contributed by atoms with Crippen molar-refractivity contribution in [2.45, 2.75) is 39.2 Å². The number of rotatable bonds is 3. The van der Waals surface area contributed by atoms with E-state index in [1.54, 1.807) is 0 Å². The molecule has 0 aromatic heterocycles. The highest BCUT2D eigenvalue weighted by Gasteiger charge is 2.29. The fourth-order valence-electron chi connectivity index (χ4n) is 1.47. The van der Waals surface area contributed by atoms with Gasteiger partial charge in [-0.05, 0) is 33.6 Å². The molecular weight excluding hydrogens is 176 g/mol. The summed E-state index contributed by atoms with van der Waals surface area (Å²) in [5.74, 6) is 0. The van der Waals surface area contributed by atoms with Crippen LogP contribution in [-0.2, 0) is 4.74 Å². The smallest absolute Gasteiger partial charge is 0.0697 e. The molecule has 0 unspecified atom stereocenters. The van der Waals surface area contributed by atoms with Gasteiger partial charge in [0.1, 0.15) is 0 Å². The summed E-state index contributed by atoms with van der Waals surface area (Å²) in [6.45, 7) is 8.54. The molecule has 80 valence electrons. The van der Waals surface area contributed by atoms with Crippen molar-refractivity contribution < 1.29 is 4.74 Å². The first kappa shape index (κ1) is 11.5. The van der Waals surface area contributed by atoms with Gasteiger partial charge in [0.25, 0.3) is 0 Å². The molecule has 0 aromatic carbocycles. The lowest BCUT2D eigenvalue weighted by molar-refractivity contribution is 0.0429. The normalized spacial score (nSPS) is 21.6. The number of nitrogens with zero attached hydrogens (tertiary/aromatic N) is 1. The number of nitrogens with one attached hydrogen (secondary N) is 1. The van der Waals surface area contributed by atoms with Crippen LogP contribution in [0.15, 0.2) is 0 Å². The van der Waals surface area contributed by atoms with Crippen molar-refractivity contribution in [3.63, 3.8) is 0 Å². The van der Waals surface area contributed by atoms with E-state index >= 15 is 0 Å². The topological polar surface area (TPSA) is 45.0 Å². The minimum absolute atomic E-state index is 0.159. The first-order valence-corrected chi connectivity index (χ1v) is 5.22. The molecule has 1 aliphatic heterocycles. The van der Waals surface area contributed by atoms with Crippen LogP contribution < -0.4 is 5.32 Å². The predicted octanol–water partition coefficient (Wildman–Crippen LogP) is 1.69. The van der Waals surface area contributed by atoms with Crippen LogP contribution in [0.2, 0.25) is 0 Å². The zero-order chi connectivity index (χ0) is 10.7. The van der Waals surface area contributed by atoms with Crippen molar-refractivity contribution in [3.05, 3.63) is 0 Å². The lowest BCUT2D eigenvalue weighted by atomic mass is 9.89. The highest BCUT2D eigenvalue weighted by Crippen LogP contribution is 2.21. The van der Waals surface area contributed by atoms with Crippen molar-refractivity contribution in [2.75, 3.05) is 19.8 Å². The Morgan fingerprint density at radius 3 is 2.50 bits per heavy atom. The zero-order valence-electron chi connectivity index (χ0n) is 9.39. The molecule has 0 aliphatic carbocycles. The standard InChI is InChI=1S/C11H20N2O/c1-10(2,8-12)9-13-11(3)4-6-14-7-5-11/h13H,4-7,9H2,1-3H3. The van der Waals surface area contributed by atoms with Crippen molar-refractivity contribution in [1.29, 1.82) is 5.26 Å². The van der Waals surface area contributed by atoms with E-state index in [4.69, 9.17) is 10.00 Å². The summed E-state index contributed by atoms with van der Waals surface area (Å²) in [4.78, 5) is 0. The third kappa shape index (κ3) is 3.28. The van der Waals surface area contributed by atoms with Gasteiger partial charge in [0.15, 0.2) is 0 Å². The van der Waals surface area contributed by atoms with Gasteiger partial charge >= 0.3 is 0 Å². The summed E-state index contributed by atoms with van der Waals surface area (Å²) in [6, 6.07) is 2.30. The maximum atomic E-state index is 8.89. The minimum Gasteiger partial charge on any atom is -0.381 e. The first-order valence-electron chi connectivity index (χ1n) is 5.22. The minimum atomic E-state index is -0.276. The molecule has 0 atom stereocenters. The molecule has 1 heterocycles. The molecule has 1 N–H and O–H groups in total. The molecule has 0 aromatic rings. The Hall–Kier alpha value is -0.590. The maximum Gasteiger partial charge on any atom is 0.0697 e. The average Bonchev–Trinajstić information content (AvgIpc) is 2.17. The van der Waals surface area contributed by atoms with Gasteiger partial charge in [-0.1, -0.05) is 0 Å². The van der Waals surface area contributed by atoms with Crippen LogP contribution >= 0.6 is 0 Å². The highest BCUT2D eigenvalue weighted by molar-refractivity contribution is 4.96. The number of nitriles is 1. The molecule has 3 heteroatoms. The number of hydrogen-bond donors (Lipinski definition) is 1. The molecule has 1 aliphatic rings. The van der Waals surface area contributed by atoms with E-state index in [-0.39, 0.29) is 11.0 Å². The van der Waals surface area contributed by atoms with Gasteiger partial charge in [0.2, 0.25) is 0 Å². The maximum absolute atomic E-state index is 8.89. The lowest BCUT2D eigenvalue weighted by Gasteiger charge is -2.36. The second-order valence-electron chi connectivity index (χ2n) is 5.02. The summed E-state index contributed by atoms with van der Waals surface area (Å²) in [7, 11) is 0. The van der Waals surface area contributed by atoms with Gasteiger partial charge in [-0.3, -0.25) is 0 Å². The van der Waals surface area contributed by atoms with Crippen LogP contribution in [-0.4, -0.2) is 25.3 Å². The Morgan fingerprint density at radius 1 is 1.43 bits per heavy atom. The Morgan fingerprint density at radius 2 is 2.00 bits per heavy atom. The molecule has 3 nitrogen and oxygen atoms in total. The quantitative estimate of drug-likeness (QED) is 0.747. The third-order valence-electron chi connectivity index (χ3n) is 2.86. The average molecular weight is 196 g/mol. The van der Waals surface area contributed by atoms with E-state index in [1.165, 1.54) is 0 Å². The van der Waals surface area contributed by atoms with Gasteiger partial charge in [-0.15, -0.1) is 0 Å². The molecule has 0 saturated carbocycles. The van der Waals surface area contributed by atoms with E-state index in [2.05, 4.69) is 18.3 Å². The van der Waals surface area contributed by atoms with Crippen molar-refractivity contribution in [3.8, 4) is 6.07 Å². The van der Waals surface area contributed by atoms with Gasteiger partial charge in [-0.25, -0.2) is 0 Å². The third-order valence-corrected chi connectivity index (χ3v) is 2.86. The zero-order valence-corrected chi connectivity index (χ0v) is 9.39. The fraction of sp³-hybridized carbons (Fsp3) is 0.909. The van der Waals surface area contributed by atoms with Crippen LogP contribution in [0.3, 0.4) is 0 Å². The van der Waals surface area contributed by atoms with E-state index < -0.39 is 0 Å². The Labute approximate surface area is 86.4 Å². The largest absolute Gasteiger partial charge is 0.381 e. The predicted molar refractivity (Wildman–Crippen MR) is 55.9 cm³/mol. The molecule has 14 heavy (non-hydrogen) atoms. The lowest BCUT2D eigenvalue weighted by Crippen LogP contribution is -2.49. The van der Waals surface area contributed by atoms with Crippen LogP contribution in [0.5, 0.6) is 0 Å². The molecule has 1 rings (SSSR count). The van der Waals surface area contributed by atoms with Crippen LogP contribution in [0.25, 0.3) is 0 Å². The molecular formula is C11H20N2O. The van der Waals surface area contributed by atoms with Crippen LogP contribution in [0.1, 0.15) is 33.6 Å². The second-order valence-corrected chi connectivity index (χ2v) is 5.02. The summed E-state index contributed by atoms with van der Waals surface area (Å²) in [6.07, 6.45) is 2.07. The van der Waals surface area contributed by atoms with E-state index in [0.717, 1.165) is 32.6 Å². The van der Waals surface area contributed by atoms with Crippen molar-refractivity contribution in [1.82, 2.24) is 5.32 Å². The van der Waals surface area contributed by atoms with Crippen LogP contribution in [0.4, 0.5) is 0 Å². The summed E-state index contributed by atoms with van der Waals surface area (Å²) in [5.41, 5.74) is -0.117. The summed E-state index contributed by atoms with van der Waals surface area (Å²) < 4.78 is 5.32. The monoisotopic (exact) mass is 196 g/mol. The number of hydrogen-bond acceptors (Lipinski definition) is 3. The first-order chi connectivity index (χ1) is 6.47. The highest BCUT2D eigenvalue weighted by atomic mass is 16.5. The Balaban J connectivity index is 2.40. The van der Waals surface area contributed by atoms with E-state index in [1.807, 2.05) is 13.8 Å². The summed E-state index contributed by atoms with van der Waals surface area (Å²) in [5, 5.41) is 12.4. The van der Waals surface area contributed by atoms with Gasteiger partial charge in [0, 0.05) is 25.3 Å². The van der Waals surface area contributed by atoms with Crippen molar-refractivity contribution >= 4 is 0 Å². The second kappa shape index (κ2) is 4.29. The Bertz CT molecular complexity index is 224. The molecule has 0 radical (unpaired) electrons. The molecule has 0 bridgehead atoms. The number of ether oxygens (including phenoxy) is 1. The van der Waals surface area contributed by atoms with Crippen molar-refractivity contribution in [2.24, 2.45) is 5.41 Å².